The molecule has 0 atom stereocenters. The third-order valence-corrected chi connectivity index (χ3v) is 4.39. The van der Waals surface area contributed by atoms with Crippen molar-refractivity contribution < 1.29 is 0 Å². The van der Waals surface area contributed by atoms with E-state index in [9.17, 15) is 0 Å². The van der Waals surface area contributed by atoms with Gasteiger partial charge in [-0.3, -0.25) is 4.90 Å². The van der Waals surface area contributed by atoms with Crippen LogP contribution in [-0.2, 0) is 19.5 Å². The first-order chi connectivity index (χ1) is 9.72. The molecule has 1 heterocycles. The zero-order valence-corrected chi connectivity index (χ0v) is 13.4. The molecule has 1 aromatic rings. The number of rotatable bonds is 7. The van der Waals surface area contributed by atoms with Gasteiger partial charge >= 0.3 is 0 Å². The van der Waals surface area contributed by atoms with Crippen molar-refractivity contribution in [2.24, 2.45) is 0 Å². The molecule has 0 saturated heterocycles. The highest BCUT2D eigenvalue weighted by molar-refractivity contribution is 5.37. The SMILES string of the molecule is CCCCCN(Cc1cccc2c1CCNC2)C(C)C. The van der Waals surface area contributed by atoms with E-state index in [1.165, 1.54) is 37.8 Å². The molecule has 1 aliphatic rings. The summed E-state index contributed by atoms with van der Waals surface area (Å²) in [6, 6.07) is 7.47. The highest BCUT2D eigenvalue weighted by atomic mass is 15.1. The maximum absolute atomic E-state index is 3.47. The Kier molecular flexibility index (Phi) is 6.06. The van der Waals surface area contributed by atoms with E-state index in [2.05, 4.69) is 49.2 Å². The Hall–Kier alpha value is -0.860. The van der Waals surface area contributed by atoms with Gasteiger partial charge in [-0.25, -0.2) is 0 Å². The van der Waals surface area contributed by atoms with E-state index in [-0.39, 0.29) is 0 Å². The highest BCUT2D eigenvalue weighted by Gasteiger charge is 2.16. The average Bonchev–Trinajstić information content (AvgIpc) is 2.46. The molecular weight excluding hydrogens is 244 g/mol. The molecule has 0 amide bonds. The predicted molar refractivity (Wildman–Crippen MR) is 86.9 cm³/mol. The van der Waals surface area contributed by atoms with Crippen LogP contribution >= 0.6 is 0 Å². The van der Waals surface area contributed by atoms with Crippen LogP contribution in [0.5, 0.6) is 0 Å². The van der Waals surface area contributed by atoms with E-state index in [0.29, 0.717) is 6.04 Å². The van der Waals surface area contributed by atoms with Crippen molar-refractivity contribution in [3.05, 3.63) is 34.9 Å². The average molecular weight is 274 g/mol. The first kappa shape index (κ1) is 15.5. The van der Waals surface area contributed by atoms with Crippen LogP contribution in [0.25, 0.3) is 0 Å². The summed E-state index contributed by atoms with van der Waals surface area (Å²) in [7, 11) is 0. The van der Waals surface area contributed by atoms with Gasteiger partial charge in [0.1, 0.15) is 0 Å². The lowest BCUT2D eigenvalue weighted by atomic mass is 9.95. The summed E-state index contributed by atoms with van der Waals surface area (Å²) in [6.07, 6.45) is 5.16. The zero-order valence-electron chi connectivity index (χ0n) is 13.4. The predicted octanol–water partition coefficient (Wildman–Crippen LogP) is 3.73. The summed E-state index contributed by atoms with van der Waals surface area (Å²) in [5.41, 5.74) is 4.66. The lowest BCUT2D eigenvalue weighted by Gasteiger charge is -2.29. The van der Waals surface area contributed by atoms with Crippen molar-refractivity contribution >= 4 is 0 Å². The van der Waals surface area contributed by atoms with Gasteiger partial charge in [-0.1, -0.05) is 38.0 Å². The Labute approximate surface area is 124 Å². The number of fused-ring (bicyclic) bond motifs is 1. The minimum Gasteiger partial charge on any atom is -0.312 e. The second kappa shape index (κ2) is 7.80. The van der Waals surface area contributed by atoms with Crippen LogP contribution in [-0.4, -0.2) is 24.0 Å². The summed E-state index contributed by atoms with van der Waals surface area (Å²) in [4.78, 5) is 2.63. The molecule has 2 rings (SSSR count). The molecular formula is C18H30N2. The van der Waals surface area contributed by atoms with Crippen LogP contribution in [0.15, 0.2) is 18.2 Å². The topological polar surface area (TPSA) is 15.3 Å². The van der Waals surface area contributed by atoms with Crippen LogP contribution in [0.3, 0.4) is 0 Å². The van der Waals surface area contributed by atoms with E-state index in [1.807, 2.05) is 0 Å². The molecule has 0 aromatic heterocycles. The fraction of sp³-hybridized carbons (Fsp3) is 0.667. The molecule has 20 heavy (non-hydrogen) atoms. The first-order valence-electron chi connectivity index (χ1n) is 8.26. The van der Waals surface area contributed by atoms with Gasteiger partial charge in [-0.2, -0.15) is 0 Å². The van der Waals surface area contributed by atoms with E-state index >= 15 is 0 Å². The molecule has 0 unspecified atom stereocenters. The monoisotopic (exact) mass is 274 g/mol. The van der Waals surface area contributed by atoms with Gasteiger partial charge < -0.3 is 5.32 Å². The van der Waals surface area contributed by atoms with Crippen molar-refractivity contribution in [1.82, 2.24) is 10.2 Å². The molecule has 0 aliphatic carbocycles. The van der Waals surface area contributed by atoms with Gasteiger partial charge in [0.25, 0.3) is 0 Å². The summed E-state index contributed by atoms with van der Waals surface area (Å²) < 4.78 is 0. The Balaban J connectivity index is 2.06. The first-order valence-corrected chi connectivity index (χ1v) is 8.26. The number of benzene rings is 1. The number of hydrogen-bond acceptors (Lipinski definition) is 2. The van der Waals surface area contributed by atoms with Gasteiger partial charge in [0.15, 0.2) is 0 Å². The van der Waals surface area contributed by atoms with Crippen LogP contribution in [0, 0.1) is 0 Å². The largest absolute Gasteiger partial charge is 0.312 e. The summed E-state index contributed by atoms with van der Waals surface area (Å²) >= 11 is 0. The van der Waals surface area contributed by atoms with Gasteiger partial charge in [-0.05, 0) is 56.5 Å². The zero-order chi connectivity index (χ0) is 14.4. The lowest BCUT2D eigenvalue weighted by Crippen LogP contribution is -2.33. The number of hydrogen-bond donors (Lipinski definition) is 1. The quantitative estimate of drug-likeness (QED) is 0.762. The molecule has 0 saturated carbocycles. The van der Waals surface area contributed by atoms with Gasteiger partial charge in [0.2, 0.25) is 0 Å². The normalized spacial score (nSPS) is 14.8. The third kappa shape index (κ3) is 4.07. The molecule has 1 aromatic carbocycles. The van der Waals surface area contributed by atoms with Gasteiger partial charge in [0.05, 0.1) is 0 Å². The van der Waals surface area contributed by atoms with Crippen molar-refractivity contribution in [3.8, 4) is 0 Å². The van der Waals surface area contributed by atoms with Gasteiger partial charge in [-0.15, -0.1) is 0 Å². The minimum atomic E-state index is 0.629. The van der Waals surface area contributed by atoms with E-state index in [4.69, 9.17) is 0 Å². The maximum atomic E-state index is 3.47. The lowest BCUT2D eigenvalue weighted by molar-refractivity contribution is 0.207. The van der Waals surface area contributed by atoms with E-state index in [1.54, 1.807) is 11.1 Å². The van der Waals surface area contributed by atoms with Crippen LogP contribution in [0.2, 0.25) is 0 Å². The smallest absolute Gasteiger partial charge is 0.0239 e. The summed E-state index contributed by atoms with van der Waals surface area (Å²) in [6.45, 7) is 11.4. The van der Waals surface area contributed by atoms with E-state index in [0.717, 1.165) is 19.6 Å². The molecule has 0 fully saturated rings. The second-order valence-electron chi connectivity index (χ2n) is 6.25. The molecule has 112 valence electrons. The third-order valence-electron chi connectivity index (χ3n) is 4.39. The standard InChI is InChI=1S/C18H30N2/c1-4-5-6-12-20(15(2)3)14-17-9-7-8-16-13-19-11-10-18(16)17/h7-9,15,19H,4-6,10-14H2,1-3H3. The highest BCUT2D eigenvalue weighted by Crippen LogP contribution is 2.21. The van der Waals surface area contributed by atoms with Crippen LogP contribution in [0.4, 0.5) is 0 Å². The Morgan fingerprint density at radius 1 is 1.25 bits per heavy atom. The maximum Gasteiger partial charge on any atom is 0.0239 e. The van der Waals surface area contributed by atoms with Crippen molar-refractivity contribution in [2.45, 2.75) is 65.6 Å². The summed E-state index contributed by atoms with van der Waals surface area (Å²) in [5.74, 6) is 0. The van der Waals surface area contributed by atoms with Crippen LogP contribution < -0.4 is 5.32 Å². The summed E-state index contributed by atoms with van der Waals surface area (Å²) in [5, 5.41) is 3.47. The van der Waals surface area contributed by atoms with E-state index < -0.39 is 0 Å². The molecule has 2 nitrogen and oxygen atoms in total. The molecule has 0 spiro atoms. The van der Waals surface area contributed by atoms with Crippen molar-refractivity contribution in [3.63, 3.8) is 0 Å². The van der Waals surface area contributed by atoms with Crippen molar-refractivity contribution in [2.75, 3.05) is 13.1 Å². The number of nitrogens with zero attached hydrogens (tertiary/aromatic N) is 1. The van der Waals surface area contributed by atoms with Crippen molar-refractivity contribution in [1.29, 1.82) is 0 Å². The molecule has 2 heteroatoms. The Bertz CT molecular complexity index is 412. The molecule has 1 aliphatic heterocycles. The number of nitrogens with one attached hydrogen (secondary N) is 1. The minimum absolute atomic E-state index is 0.629. The Morgan fingerprint density at radius 3 is 2.85 bits per heavy atom. The van der Waals surface area contributed by atoms with Crippen LogP contribution in [0.1, 0.15) is 56.7 Å². The number of unbranched alkanes of at least 4 members (excludes halogenated alkanes) is 2. The molecule has 1 N–H and O–H groups in total. The van der Waals surface area contributed by atoms with Gasteiger partial charge in [0, 0.05) is 19.1 Å². The molecule has 0 bridgehead atoms. The fourth-order valence-electron chi connectivity index (χ4n) is 3.06. The fourth-order valence-corrected chi connectivity index (χ4v) is 3.06. The second-order valence-corrected chi connectivity index (χ2v) is 6.25. The molecule has 0 radical (unpaired) electrons. The Morgan fingerprint density at radius 2 is 2.10 bits per heavy atom.